The molecule has 17 heavy (non-hydrogen) atoms. The van der Waals surface area contributed by atoms with Gasteiger partial charge in [0, 0.05) is 6.42 Å². The quantitative estimate of drug-likeness (QED) is 0.572. The summed E-state index contributed by atoms with van der Waals surface area (Å²) in [4.78, 5) is 22.8. The zero-order valence-electron chi connectivity index (χ0n) is 9.73. The third-order valence-corrected chi connectivity index (χ3v) is 2.51. The summed E-state index contributed by atoms with van der Waals surface area (Å²) in [7, 11) is 0. The lowest BCUT2D eigenvalue weighted by Gasteiger charge is -2.12. The largest absolute Gasteiger partial charge is 0.465 e. The van der Waals surface area contributed by atoms with Gasteiger partial charge in [-0.2, -0.15) is 5.26 Å². The molecule has 0 radical (unpaired) electrons. The Labute approximate surface area is 99.0 Å². The fraction of sp³-hybridized carbons (Fsp3) is 0.636. The van der Waals surface area contributed by atoms with Crippen molar-refractivity contribution in [3.05, 3.63) is 0 Å². The minimum absolute atomic E-state index is 0.135. The maximum atomic E-state index is 11.4. The van der Waals surface area contributed by atoms with Crippen molar-refractivity contribution in [2.24, 2.45) is 11.8 Å². The molecule has 0 aromatic heterocycles. The lowest BCUT2D eigenvalue weighted by molar-refractivity contribution is -0.144. The van der Waals surface area contributed by atoms with Gasteiger partial charge in [-0.25, -0.2) is 0 Å². The molecule has 1 N–H and O–H groups in total. The average Bonchev–Trinajstić information content (AvgIpc) is 2.59. The van der Waals surface area contributed by atoms with Crippen LogP contribution in [0.1, 0.15) is 20.3 Å². The molecule has 0 bridgehead atoms. The summed E-state index contributed by atoms with van der Waals surface area (Å²) in [5.74, 6) is -3.46. The highest BCUT2D eigenvalue weighted by Crippen LogP contribution is 2.24. The standard InChI is InChI=1S/C11H14N2O4/c1-3-16-10(14)8(5-12)9(13)7-4-6(2)17-11(7)15/h6-8,13H,3-4H2,1-2H3/t6-,7-,8-/m0/s1. The van der Waals surface area contributed by atoms with E-state index in [9.17, 15) is 9.59 Å². The number of nitrogens with zero attached hydrogens (tertiary/aromatic N) is 1. The van der Waals surface area contributed by atoms with E-state index in [0.717, 1.165) is 0 Å². The lowest BCUT2D eigenvalue weighted by Crippen LogP contribution is -2.32. The Morgan fingerprint density at radius 3 is 2.82 bits per heavy atom. The highest BCUT2D eigenvalue weighted by molar-refractivity contribution is 6.11. The maximum Gasteiger partial charge on any atom is 0.329 e. The highest BCUT2D eigenvalue weighted by Gasteiger charge is 2.40. The molecule has 0 unspecified atom stereocenters. The Hall–Kier alpha value is -1.90. The normalized spacial score (nSPS) is 24.6. The summed E-state index contributed by atoms with van der Waals surface area (Å²) in [5.41, 5.74) is -0.236. The predicted molar refractivity (Wildman–Crippen MR) is 57.1 cm³/mol. The number of carbonyl (C=O) groups excluding carboxylic acids is 2. The van der Waals surface area contributed by atoms with E-state index < -0.39 is 23.8 Å². The number of cyclic esters (lactones) is 1. The Balaban J connectivity index is 2.77. The molecule has 0 saturated carbocycles. The Kier molecular flexibility index (Phi) is 4.21. The molecule has 3 atom stereocenters. The number of hydrogen-bond donors (Lipinski definition) is 1. The molecular weight excluding hydrogens is 224 g/mol. The maximum absolute atomic E-state index is 11.4. The number of nitrogens with one attached hydrogen (secondary N) is 1. The molecule has 6 nitrogen and oxygen atoms in total. The number of nitriles is 1. The summed E-state index contributed by atoms with van der Waals surface area (Å²) in [6.07, 6.45) is 0.0456. The third-order valence-electron chi connectivity index (χ3n) is 2.51. The van der Waals surface area contributed by atoms with E-state index >= 15 is 0 Å². The molecule has 1 aliphatic heterocycles. The fourth-order valence-electron chi connectivity index (χ4n) is 1.69. The van der Waals surface area contributed by atoms with Crippen molar-refractivity contribution in [2.45, 2.75) is 26.4 Å². The third kappa shape index (κ3) is 2.81. The topological polar surface area (TPSA) is 100 Å². The molecule has 0 spiro atoms. The van der Waals surface area contributed by atoms with Crippen molar-refractivity contribution >= 4 is 17.7 Å². The molecule has 0 amide bonds. The van der Waals surface area contributed by atoms with E-state index in [1.165, 1.54) is 0 Å². The fourth-order valence-corrected chi connectivity index (χ4v) is 1.69. The van der Waals surface area contributed by atoms with Gasteiger partial charge in [0.1, 0.15) is 6.10 Å². The summed E-state index contributed by atoms with van der Waals surface area (Å²) < 4.78 is 9.57. The van der Waals surface area contributed by atoms with Gasteiger partial charge in [-0.05, 0) is 13.8 Å². The molecule has 1 saturated heterocycles. The zero-order chi connectivity index (χ0) is 13.0. The van der Waals surface area contributed by atoms with Crippen LogP contribution in [0.15, 0.2) is 0 Å². The van der Waals surface area contributed by atoms with Gasteiger partial charge in [0.05, 0.1) is 24.3 Å². The van der Waals surface area contributed by atoms with Gasteiger partial charge >= 0.3 is 11.9 Å². The molecule has 1 fully saturated rings. The molecular formula is C11H14N2O4. The molecule has 92 valence electrons. The highest BCUT2D eigenvalue weighted by atomic mass is 16.6. The van der Waals surface area contributed by atoms with Crippen LogP contribution in [0.3, 0.4) is 0 Å². The van der Waals surface area contributed by atoms with E-state index in [4.69, 9.17) is 15.4 Å². The van der Waals surface area contributed by atoms with Crippen LogP contribution < -0.4 is 0 Å². The van der Waals surface area contributed by atoms with Gasteiger partial charge in [-0.3, -0.25) is 9.59 Å². The van der Waals surface area contributed by atoms with Crippen molar-refractivity contribution in [1.82, 2.24) is 0 Å². The van der Waals surface area contributed by atoms with Crippen molar-refractivity contribution < 1.29 is 19.1 Å². The second-order valence-corrected chi connectivity index (χ2v) is 3.81. The van der Waals surface area contributed by atoms with Crippen molar-refractivity contribution in [3.63, 3.8) is 0 Å². The van der Waals surface area contributed by atoms with Gasteiger partial charge < -0.3 is 14.9 Å². The Bertz CT molecular complexity index is 385. The van der Waals surface area contributed by atoms with Crippen molar-refractivity contribution in [3.8, 4) is 6.07 Å². The summed E-state index contributed by atoms with van der Waals surface area (Å²) in [5, 5.41) is 16.6. The second-order valence-electron chi connectivity index (χ2n) is 3.81. The van der Waals surface area contributed by atoms with Crippen LogP contribution in [0.25, 0.3) is 0 Å². The minimum Gasteiger partial charge on any atom is -0.465 e. The van der Waals surface area contributed by atoms with Crippen LogP contribution in [-0.4, -0.2) is 30.4 Å². The van der Waals surface area contributed by atoms with Crippen LogP contribution in [-0.2, 0) is 19.1 Å². The Morgan fingerprint density at radius 2 is 2.41 bits per heavy atom. The SMILES string of the molecule is CCOC(=O)[C@@H](C#N)C(=N)[C@@H]1C[C@H](C)OC1=O. The number of rotatable bonds is 4. The van der Waals surface area contributed by atoms with Crippen molar-refractivity contribution in [2.75, 3.05) is 6.61 Å². The molecule has 0 aromatic rings. The molecule has 6 heteroatoms. The van der Waals surface area contributed by atoms with E-state index in [2.05, 4.69) is 4.74 Å². The lowest BCUT2D eigenvalue weighted by atomic mass is 9.90. The number of hydrogen-bond acceptors (Lipinski definition) is 6. The van der Waals surface area contributed by atoms with E-state index in [0.29, 0.717) is 6.42 Å². The van der Waals surface area contributed by atoms with E-state index in [-0.39, 0.29) is 18.4 Å². The Morgan fingerprint density at radius 1 is 1.76 bits per heavy atom. The van der Waals surface area contributed by atoms with Crippen LogP contribution in [0.4, 0.5) is 0 Å². The van der Waals surface area contributed by atoms with Crippen molar-refractivity contribution in [1.29, 1.82) is 10.7 Å². The van der Waals surface area contributed by atoms with Crippen LogP contribution >= 0.6 is 0 Å². The van der Waals surface area contributed by atoms with Gasteiger partial charge in [-0.1, -0.05) is 0 Å². The van der Waals surface area contributed by atoms with Gasteiger partial charge in [0.25, 0.3) is 0 Å². The first-order valence-electron chi connectivity index (χ1n) is 5.36. The first-order valence-corrected chi connectivity index (χ1v) is 5.36. The van der Waals surface area contributed by atoms with Gasteiger partial charge in [0.2, 0.25) is 0 Å². The van der Waals surface area contributed by atoms with E-state index in [1.54, 1.807) is 19.9 Å². The summed E-state index contributed by atoms with van der Waals surface area (Å²) in [6, 6.07) is 1.69. The average molecular weight is 238 g/mol. The molecule has 1 rings (SSSR count). The number of ether oxygens (including phenoxy) is 2. The molecule has 1 aliphatic rings. The second kappa shape index (κ2) is 5.43. The molecule has 0 aromatic carbocycles. The summed E-state index contributed by atoms with van der Waals surface area (Å²) >= 11 is 0. The first kappa shape index (κ1) is 13.2. The number of carbonyl (C=O) groups is 2. The van der Waals surface area contributed by atoms with Crippen LogP contribution in [0, 0.1) is 28.6 Å². The zero-order valence-corrected chi connectivity index (χ0v) is 9.73. The van der Waals surface area contributed by atoms with Gasteiger partial charge in [0.15, 0.2) is 5.92 Å². The summed E-state index contributed by atoms with van der Waals surface area (Å²) in [6.45, 7) is 3.45. The minimum atomic E-state index is -1.32. The predicted octanol–water partition coefficient (Wildman–Crippen LogP) is 0.661. The van der Waals surface area contributed by atoms with Crippen LogP contribution in [0.2, 0.25) is 0 Å². The smallest absolute Gasteiger partial charge is 0.329 e. The first-order chi connectivity index (χ1) is 8.01. The van der Waals surface area contributed by atoms with Crippen LogP contribution in [0.5, 0.6) is 0 Å². The molecule has 0 aliphatic carbocycles. The van der Waals surface area contributed by atoms with Gasteiger partial charge in [-0.15, -0.1) is 0 Å². The molecule has 1 heterocycles. The number of esters is 2. The van der Waals surface area contributed by atoms with E-state index in [1.807, 2.05) is 0 Å². The monoisotopic (exact) mass is 238 g/mol.